The first-order valence-electron chi connectivity index (χ1n) is 8.70. The molecule has 3 heterocycles. The zero-order chi connectivity index (χ0) is 20.6. The average Bonchev–Trinajstić information content (AvgIpc) is 3.28. The van der Waals surface area contributed by atoms with Gasteiger partial charge in [0, 0.05) is 0 Å². The SMILES string of the molecule is [C-]#[N+][C@]1(COC(=O)c2ccccc2)O[C@@H](c2ccc3c(N)ncnn23)[C@H](O)[C@@H]1O. The number of nitrogens with zero attached hydrogens (tertiary/aromatic N) is 4. The number of carbonyl (C=O) groups is 1. The second-order valence-electron chi connectivity index (χ2n) is 6.57. The van der Waals surface area contributed by atoms with Crippen LogP contribution in [0.2, 0.25) is 0 Å². The molecule has 1 saturated heterocycles. The van der Waals surface area contributed by atoms with Crippen LogP contribution in [0.1, 0.15) is 22.2 Å². The van der Waals surface area contributed by atoms with E-state index in [0.717, 1.165) is 0 Å². The van der Waals surface area contributed by atoms with Crippen molar-refractivity contribution in [3.05, 3.63) is 71.5 Å². The molecular formula is C19H17N5O5. The molecule has 0 saturated carbocycles. The molecule has 1 aromatic carbocycles. The van der Waals surface area contributed by atoms with Gasteiger partial charge in [0.2, 0.25) is 0 Å². The second-order valence-corrected chi connectivity index (χ2v) is 6.57. The molecule has 4 atom stereocenters. The zero-order valence-corrected chi connectivity index (χ0v) is 15.0. The highest BCUT2D eigenvalue weighted by Gasteiger charge is 2.62. The van der Waals surface area contributed by atoms with Crippen LogP contribution in [0.5, 0.6) is 0 Å². The van der Waals surface area contributed by atoms with Crippen LogP contribution in [-0.2, 0) is 9.47 Å². The van der Waals surface area contributed by atoms with Gasteiger partial charge in [0.25, 0.3) is 0 Å². The predicted molar refractivity (Wildman–Crippen MR) is 99.3 cm³/mol. The molecule has 2 aromatic heterocycles. The van der Waals surface area contributed by atoms with Crippen LogP contribution in [0.3, 0.4) is 0 Å². The van der Waals surface area contributed by atoms with E-state index in [1.54, 1.807) is 42.5 Å². The number of nitrogens with two attached hydrogens (primary N) is 1. The molecule has 0 bridgehead atoms. The summed E-state index contributed by atoms with van der Waals surface area (Å²) in [5, 5.41) is 25.2. The molecule has 3 aromatic rings. The summed E-state index contributed by atoms with van der Waals surface area (Å²) < 4.78 is 12.4. The lowest BCUT2D eigenvalue weighted by molar-refractivity contribution is -0.0869. The summed E-state index contributed by atoms with van der Waals surface area (Å²) in [6.07, 6.45) is -2.91. The number of hydrogen-bond acceptors (Lipinski definition) is 8. The highest BCUT2D eigenvalue weighted by atomic mass is 16.6. The molecule has 0 aliphatic carbocycles. The highest BCUT2D eigenvalue weighted by molar-refractivity contribution is 5.89. The van der Waals surface area contributed by atoms with Gasteiger partial charge in [-0.05, 0) is 24.3 Å². The van der Waals surface area contributed by atoms with Crippen molar-refractivity contribution in [1.82, 2.24) is 14.6 Å². The second kappa shape index (κ2) is 7.14. The van der Waals surface area contributed by atoms with Crippen molar-refractivity contribution in [2.75, 3.05) is 12.3 Å². The van der Waals surface area contributed by atoms with E-state index in [-0.39, 0.29) is 5.82 Å². The van der Waals surface area contributed by atoms with Gasteiger partial charge < -0.3 is 20.7 Å². The van der Waals surface area contributed by atoms with E-state index in [4.69, 9.17) is 21.8 Å². The zero-order valence-electron chi connectivity index (χ0n) is 15.0. The van der Waals surface area contributed by atoms with Crippen molar-refractivity contribution in [3.8, 4) is 0 Å². The largest absolute Gasteiger partial charge is 0.450 e. The summed E-state index contributed by atoms with van der Waals surface area (Å²) in [6.45, 7) is 6.96. The summed E-state index contributed by atoms with van der Waals surface area (Å²) in [5.41, 5.74) is 5.01. The molecule has 4 N–H and O–H groups in total. The van der Waals surface area contributed by atoms with E-state index in [1.807, 2.05) is 0 Å². The number of nitrogen functional groups attached to an aromatic ring is 1. The number of ether oxygens (including phenoxy) is 2. The molecular weight excluding hydrogens is 378 g/mol. The fraction of sp³-hybridized carbons (Fsp3) is 0.263. The average molecular weight is 395 g/mol. The van der Waals surface area contributed by atoms with Crippen LogP contribution >= 0.6 is 0 Å². The Morgan fingerprint density at radius 3 is 2.79 bits per heavy atom. The lowest BCUT2D eigenvalue weighted by atomic mass is 10.0. The third-order valence-electron chi connectivity index (χ3n) is 4.84. The van der Waals surface area contributed by atoms with Crippen LogP contribution in [0.25, 0.3) is 10.4 Å². The molecule has 0 amide bonds. The molecule has 10 heteroatoms. The van der Waals surface area contributed by atoms with Gasteiger partial charge in [-0.3, -0.25) is 9.58 Å². The fourth-order valence-corrected chi connectivity index (χ4v) is 3.29. The number of aromatic nitrogens is 3. The predicted octanol–water partition coefficient (Wildman–Crippen LogP) is 0.577. The first-order valence-corrected chi connectivity index (χ1v) is 8.70. The Bertz CT molecular complexity index is 1100. The first-order chi connectivity index (χ1) is 14.0. The maximum absolute atomic E-state index is 12.2. The van der Waals surface area contributed by atoms with E-state index >= 15 is 0 Å². The summed E-state index contributed by atoms with van der Waals surface area (Å²) in [7, 11) is 0. The van der Waals surface area contributed by atoms with Crippen molar-refractivity contribution >= 4 is 17.3 Å². The Hall–Kier alpha value is -3.52. The number of anilines is 1. The minimum atomic E-state index is -1.96. The normalized spacial score (nSPS) is 26.3. The van der Waals surface area contributed by atoms with Crippen molar-refractivity contribution in [1.29, 1.82) is 0 Å². The van der Waals surface area contributed by atoms with Crippen molar-refractivity contribution < 1.29 is 24.5 Å². The molecule has 0 radical (unpaired) electrons. The minimum Gasteiger partial charge on any atom is -0.450 e. The fourth-order valence-electron chi connectivity index (χ4n) is 3.29. The highest BCUT2D eigenvalue weighted by Crippen LogP contribution is 2.42. The van der Waals surface area contributed by atoms with E-state index in [1.165, 1.54) is 10.8 Å². The number of carbonyl (C=O) groups excluding carboxylic acids is 1. The Kier molecular flexibility index (Phi) is 4.63. The third kappa shape index (κ3) is 3.07. The van der Waals surface area contributed by atoms with E-state index in [0.29, 0.717) is 16.8 Å². The van der Waals surface area contributed by atoms with Gasteiger partial charge in [0.1, 0.15) is 24.1 Å². The third-order valence-corrected chi connectivity index (χ3v) is 4.84. The van der Waals surface area contributed by atoms with Gasteiger partial charge >= 0.3 is 11.7 Å². The van der Waals surface area contributed by atoms with Crippen molar-refractivity contribution in [2.45, 2.75) is 24.0 Å². The van der Waals surface area contributed by atoms with Crippen LogP contribution in [0.4, 0.5) is 5.82 Å². The Morgan fingerprint density at radius 2 is 2.07 bits per heavy atom. The lowest BCUT2D eigenvalue weighted by Crippen LogP contribution is -2.44. The number of esters is 1. The molecule has 1 fully saturated rings. The Balaban J connectivity index is 1.60. The Morgan fingerprint density at radius 1 is 1.31 bits per heavy atom. The van der Waals surface area contributed by atoms with Gasteiger partial charge in [-0.1, -0.05) is 18.2 Å². The topological polar surface area (TPSA) is 137 Å². The van der Waals surface area contributed by atoms with Crippen LogP contribution in [-0.4, -0.2) is 55.3 Å². The molecule has 29 heavy (non-hydrogen) atoms. The van der Waals surface area contributed by atoms with Gasteiger partial charge in [-0.2, -0.15) is 5.10 Å². The van der Waals surface area contributed by atoms with E-state index < -0.39 is 36.6 Å². The van der Waals surface area contributed by atoms with E-state index in [2.05, 4.69) is 14.9 Å². The van der Waals surface area contributed by atoms with E-state index in [9.17, 15) is 15.0 Å². The van der Waals surface area contributed by atoms with Gasteiger partial charge in [0.15, 0.2) is 18.5 Å². The standard InChI is InChI=1S/C19H17N5O5/c1-21-19(9-28-18(27)11-5-3-2-4-6-11)16(26)14(25)15(29-19)12-7-8-13-17(20)22-10-23-24(12)13/h2-8,10,14-16,25-26H,9H2,(H2,20,22,23)/t14-,15-,16-,19+/m0/s1. The quantitative estimate of drug-likeness (QED) is 0.431. The first kappa shape index (κ1) is 18.8. The lowest BCUT2D eigenvalue weighted by Gasteiger charge is -2.19. The summed E-state index contributed by atoms with van der Waals surface area (Å²) in [4.78, 5) is 19.4. The van der Waals surface area contributed by atoms with Gasteiger partial charge in [-0.25, -0.2) is 20.9 Å². The molecule has 1 aliphatic rings. The van der Waals surface area contributed by atoms with Crippen molar-refractivity contribution in [3.63, 3.8) is 0 Å². The van der Waals surface area contributed by atoms with Crippen LogP contribution in [0.15, 0.2) is 48.8 Å². The maximum atomic E-state index is 12.2. The number of hydrogen-bond donors (Lipinski definition) is 3. The molecule has 10 nitrogen and oxygen atoms in total. The molecule has 1 aliphatic heterocycles. The maximum Gasteiger partial charge on any atom is 0.400 e. The molecule has 0 unspecified atom stereocenters. The molecule has 148 valence electrons. The van der Waals surface area contributed by atoms with Gasteiger partial charge in [0.05, 0.1) is 11.3 Å². The summed E-state index contributed by atoms with van der Waals surface area (Å²) in [6, 6.07) is 11.5. The van der Waals surface area contributed by atoms with Crippen molar-refractivity contribution in [2.24, 2.45) is 0 Å². The smallest absolute Gasteiger partial charge is 0.400 e. The number of benzene rings is 1. The van der Waals surface area contributed by atoms with Crippen LogP contribution in [0, 0.1) is 6.57 Å². The minimum absolute atomic E-state index is 0.229. The monoisotopic (exact) mass is 395 g/mol. The number of rotatable bonds is 4. The summed E-state index contributed by atoms with van der Waals surface area (Å²) in [5.74, 6) is -0.441. The number of fused-ring (bicyclic) bond motifs is 1. The number of aliphatic hydroxyl groups excluding tert-OH is 2. The molecule has 0 spiro atoms. The number of aliphatic hydroxyl groups is 2. The summed E-state index contributed by atoms with van der Waals surface area (Å²) >= 11 is 0. The molecule has 4 rings (SSSR count). The van der Waals surface area contributed by atoms with Crippen LogP contribution < -0.4 is 5.73 Å². The van der Waals surface area contributed by atoms with Gasteiger partial charge in [-0.15, -0.1) is 0 Å². The Labute approximate surface area is 164 Å².